The summed E-state index contributed by atoms with van der Waals surface area (Å²) in [6, 6.07) is 6.09. The Bertz CT molecular complexity index is 724. The second-order valence-electron chi connectivity index (χ2n) is 6.38. The second-order valence-corrected chi connectivity index (χ2v) is 6.38. The van der Waals surface area contributed by atoms with Gasteiger partial charge in [-0.2, -0.15) is 0 Å². The summed E-state index contributed by atoms with van der Waals surface area (Å²) in [6.45, 7) is 6.98. The number of nitrogens with one attached hydrogen (secondary N) is 2. The van der Waals surface area contributed by atoms with Gasteiger partial charge in [-0.1, -0.05) is 12.1 Å². The van der Waals surface area contributed by atoms with Crippen molar-refractivity contribution in [2.24, 2.45) is 7.05 Å². The van der Waals surface area contributed by atoms with Crippen LogP contribution in [-0.4, -0.2) is 46.5 Å². The molecule has 0 bridgehead atoms. The first kappa shape index (κ1) is 16.7. The molecule has 1 aliphatic rings. The maximum atomic E-state index is 12.5. The number of nitrogens with zero attached hydrogens (tertiary/aromatic N) is 3. The molecule has 3 rings (SSSR count). The van der Waals surface area contributed by atoms with Gasteiger partial charge in [0.15, 0.2) is 0 Å². The lowest BCUT2D eigenvalue weighted by Gasteiger charge is -2.35. The van der Waals surface area contributed by atoms with Crippen molar-refractivity contribution >= 4 is 11.6 Å². The molecule has 0 saturated carbocycles. The predicted octanol–water partition coefficient (Wildman–Crippen LogP) is 1.62. The summed E-state index contributed by atoms with van der Waals surface area (Å²) in [5.74, 6) is 1.01. The summed E-state index contributed by atoms with van der Waals surface area (Å²) >= 11 is 0. The predicted molar refractivity (Wildman–Crippen MR) is 94.9 cm³/mol. The summed E-state index contributed by atoms with van der Waals surface area (Å²) in [7, 11) is 1.99. The SMILES string of the molecule is Cc1cccc(NC(=O)CN2CCNCC2c2nccn2C)c1C. The average Bonchev–Trinajstić information content (AvgIpc) is 2.98. The van der Waals surface area contributed by atoms with Crippen molar-refractivity contribution < 1.29 is 4.79 Å². The van der Waals surface area contributed by atoms with Crippen molar-refractivity contribution in [3.8, 4) is 0 Å². The Morgan fingerprint density at radius 3 is 3.00 bits per heavy atom. The molecule has 128 valence electrons. The van der Waals surface area contributed by atoms with Crippen LogP contribution in [0.3, 0.4) is 0 Å². The normalized spacial score (nSPS) is 18.5. The molecule has 1 saturated heterocycles. The number of imidazole rings is 1. The van der Waals surface area contributed by atoms with Crippen molar-refractivity contribution in [1.82, 2.24) is 19.8 Å². The van der Waals surface area contributed by atoms with Crippen LogP contribution in [0.1, 0.15) is 23.0 Å². The maximum Gasteiger partial charge on any atom is 0.238 e. The van der Waals surface area contributed by atoms with Crippen LogP contribution in [0.25, 0.3) is 0 Å². The molecule has 2 aromatic rings. The third-order valence-electron chi connectivity index (χ3n) is 4.74. The van der Waals surface area contributed by atoms with Gasteiger partial charge in [0.25, 0.3) is 0 Å². The van der Waals surface area contributed by atoms with Gasteiger partial charge >= 0.3 is 0 Å². The highest BCUT2D eigenvalue weighted by atomic mass is 16.2. The van der Waals surface area contributed by atoms with E-state index >= 15 is 0 Å². The topological polar surface area (TPSA) is 62.2 Å². The van der Waals surface area contributed by atoms with E-state index in [1.807, 2.05) is 36.9 Å². The number of anilines is 1. The highest BCUT2D eigenvalue weighted by Crippen LogP contribution is 2.21. The number of benzene rings is 1. The van der Waals surface area contributed by atoms with E-state index in [1.54, 1.807) is 6.20 Å². The minimum atomic E-state index is 0.0183. The van der Waals surface area contributed by atoms with Crippen LogP contribution in [0.4, 0.5) is 5.69 Å². The summed E-state index contributed by atoms with van der Waals surface area (Å²) in [6.07, 6.45) is 3.75. The van der Waals surface area contributed by atoms with Gasteiger partial charge < -0.3 is 15.2 Å². The van der Waals surface area contributed by atoms with E-state index in [4.69, 9.17) is 0 Å². The molecule has 2 N–H and O–H groups in total. The van der Waals surface area contributed by atoms with Gasteiger partial charge in [0, 0.05) is 44.8 Å². The quantitative estimate of drug-likeness (QED) is 0.896. The lowest BCUT2D eigenvalue weighted by Crippen LogP contribution is -2.49. The lowest BCUT2D eigenvalue weighted by molar-refractivity contribution is -0.118. The number of amides is 1. The first-order valence-corrected chi connectivity index (χ1v) is 8.34. The fourth-order valence-corrected chi connectivity index (χ4v) is 3.15. The van der Waals surface area contributed by atoms with Crippen LogP contribution in [-0.2, 0) is 11.8 Å². The number of carbonyl (C=O) groups excluding carboxylic acids is 1. The van der Waals surface area contributed by atoms with Crippen LogP contribution < -0.4 is 10.6 Å². The minimum Gasteiger partial charge on any atom is -0.337 e. The summed E-state index contributed by atoms with van der Waals surface area (Å²) in [5, 5.41) is 6.44. The summed E-state index contributed by atoms with van der Waals surface area (Å²) < 4.78 is 2.02. The third kappa shape index (κ3) is 3.49. The molecule has 1 aromatic carbocycles. The molecular formula is C18H25N5O. The van der Waals surface area contributed by atoms with Gasteiger partial charge in [0.1, 0.15) is 5.82 Å². The summed E-state index contributed by atoms with van der Waals surface area (Å²) in [4.78, 5) is 19.2. The van der Waals surface area contributed by atoms with Crippen LogP contribution in [0.15, 0.2) is 30.6 Å². The Morgan fingerprint density at radius 2 is 2.25 bits per heavy atom. The zero-order valence-electron chi connectivity index (χ0n) is 14.5. The molecule has 1 fully saturated rings. The largest absolute Gasteiger partial charge is 0.337 e. The Morgan fingerprint density at radius 1 is 1.42 bits per heavy atom. The number of carbonyl (C=O) groups is 1. The van der Waals surface area contributed by atoms with Gasteiger partial charge in [-0.05, 0) is 31.0 Å². The zero-order valence-corrected chi connectivity index (χ0v) is 14.5. The monoisotopic (exact) mass is 327 g/mol. The molecule has 0 aliphatic carbocycles. The zero-order chi connectivity index (χ0) is 17.1. The van der Waals surface area contributed by atoms with Crippen LogP contribution >= 0.6 is 0 Å². The Hall–Kier alpha value is -2.18. The van der Waals surface area contributed by atoms with Gasteiger partial charge in [-0.15, -0.1) is 0 Å². The standard InChI is InChI=1S/C18H25N5O/c1-13-5-4-6-15(14(13)2)21-17(24)12-23-10-7-19-11-16(23)18-20-8-9-22(18)3/h4-6,8-9,16,19H,7,10-12H2,1-3H3,(H,21,24). The summed E-state index contributed by atoms with van der Waals surface area (Å²) in [5.41, 5.74) is 3.19. The van der Waals surface area contributed by atoms with Crippen LogP contribution in [0, 0.1) is 13.8 Å². The molecule has 1 unspecified atom stereocenters. The van der Waals surface area contributed by atoms with Gasteiger partial charge in [-0.3, -0.25) is 9.69 Å². The number of aryl methyl sites for hydroxylation is 2. The van der Waals surface area contributed by atoms with E-state index in [-0.39, 0.29) is 11.9 Å². The van der Waals surface area contributed by atoms with E-state index in [1.165, 1.54) is 5.56 Å². The Kier molecular flexibility index (Phi) is 4.97. The van der Waals surface area contributed by atoms with E-state index in [9.17, 15) is 4.79 Å². The molecule has 1 amide bonds. The molecule has 6 heteroatoms. The number of hydrogen-bond donors (Lipinski definition) is 2. The van der Waals surface area contributed by atoms with E-state index in [0.717, 1.165) is 36.7 Å². The second kappa shape index (κ2) is 7.15. The molecule has 2 heterocycles. The third-order valence-corrected chi connectivity index (χ3v) is 4.74. The number of hydrogen-bond acceptors (Lipinski definition) is 4. The van der Waals surface area contributed by atoms with Crippen LogP contribution in [0.2, 0.25) is 0 Å². The van der Waals surface area contributed by atoms with E-state index in [2.05, 4.69) is 33.5 Å². The fraction of sp³-hybridized carbons (Fsp3) is 0.444. The molecule has 1 aliphatic heterocycles. The lowest BCUT2D eigenvalue weighted by atomic mass is 10.1. The smallest absolute Gasteiger partial charge is 0.238 e. The van der Waals surface area contributed by atoms with Crippen molar-refractivity contribution in [1.29, 1.82) is 0 Å². The fourth-order valence-electron chi connectivity index (χ4n) is 3.15. The van der Waals surface area contributed by atoms with Crippen molar-refractivity contribution in [2.45, 2.75) is 19.9 Å². The molecule has 1 atom stereocenters. The van der Waals surface area contributed by atoms with Crippen LogP contribution in [0.5, 0.6) is 0 Å². The number of rotatable bonds is 4. The number of piperazine rings is 1. The van der Waals surface area contributed by atoms with E-state index < -0.39 is 0 Å². The Labute approximate surface area is 142 Å². The van der Waals surface area contributed by atoms with Gasteiger partial charge in [0.05, 0.1) is 12.6 Å². The maximum absolute atomic E-state index is 12.5. The van der Waals surface area contributed by atoms with Gasteiger partial charge in [-0.25, -0.2) is 4.98 Å². The van der Waals surface area contributed by atoms with Gasteiger partial charge in [0.2, 0.25) is 5.91 Å². The first-order valence-electron chi connectivity index (χ1n) is 8.34. The molecule has 1 aromatic heterocycles. The molecule has 24 heavy (non-hydrogen) atoms. The molecule has 6 nitrogen and oxygen atoms in total. The molecular weight excluding hydrogens is 302 g/mol. The first-order chi connectivity index (χ1) is 11.6. The molecule has 0 spiro atoms. The minimum absolute atomic E-state index is 0.0183. The van der Waals surface area contributed by atoms with Crippen molar-refractivity contribution in [2.75, 3.05) is 31.5 Å². The highest BCUT2D eigenvalue weighted by molar-refractivity contribution is 5.93. The number of aromatic nitrogens is 2. The average molecular weight is 327 g/mol. The van der Waals surface area contributed by atoms with Crippen molar-refractivity contribution in [3.63, 3.8) is 0 Å². The highest BCUT2D eigenvalue weighted by Gasteiger charge is 2.28. The van der Waals surface area contributed by atoms with E-state index in [0.29, 0.717) is 6.54 Å². The molecule has 0 radical (unpaired) electrons. The van der Waals surface area contributed by atoms with Crippen molar-refractivity contribution in [3.05, 3.63) is 47.5 Å². The Balaban J connectivity index is 1.70.